The summed E-state index contributed by atoms with van der Waals surface area (Å²) in [5, 5.41) is 23.8. The molecule has 3 heterocycles. The van der Waals surface area contributed by atoms with Crippen molar-refractivity contribution < 1.29 is 33.6 Å². The summed E-state index contributed by atoms with van der Waals surface area (Å²) in [6.45, 7) is 10.4. The molecule has 0 aliphatic carbocycles. The van der Waals surface area contributed by atoms with Gasteiger partial charge in [0.15, 0.2) is 11.6 Å². The van der Waals surface area contributed by atoms with Gasteiger partial charge in [0.25, 0.3) is 0 Å². The third-order valence-electron chi connectivity index (χ3n) is 9.18. The number of anilines is 2. The van der Waals surface area contributed by atoms with Crippen molar-refractivity contribution in [2.75, 3.05) is 56.8 Å². The van der Waals surface area contributed by atoms with Gasteiger partial charge in [-0.3, -0.25) is 10.1 Å². The highest BCUT2D eigenvalue weighted by Crippen LogP contribution is 2.37. The lowest BCUT2D eigenvalue weighted by Gasteiger charge is -2.41. The number of likely N-dealkylation sites (tertiary alicyclic amines) is 1. The molecule has 1 fully saturated rings. The second-order valence-electron chi connectivity index (χ2n) is 14.8. The van der Waals surface area contributed by atoms with Crippen molar-refractivity contribution in [2.45, 2.75) is 83.4 Å². The molecule has 1 saturated heterocycles. The van der Waals surface area contributed by atoms with Crippen molar-refractivity contribution in [3.63, 3.8) is 0 Å². The molecule has 5 rings (SSSR count). The number of nitrogens with zero attached hydrogens (tertiary/aromatic N) is 4. The van der Waals surface area contributed by atoms with Gasteiger partial charge < -0.3 is 39.6 Å². The van der Waals surface area contributed by atoms with Crippen LogP contribution in [0, 0.1) is 0 Å². The number of carbonyl (C=O) groups is 2. The van der Waals surface area contributed by atoms with E-state index in [0.29, 0.717) is 57.4 Å². The van der Waals surface area contributed by atoms with E-state index in [1.807, 2.05) is 63.2 Å². The summed E-state index contributed by atoms with van der Waals surface area (Å²) in [6, 6.07) is 20.2. The Hall–Kier alpha value is -5.21. The summed E-state index contributed by atoms with van der Waals surface area (Å²) in [5.74, 6) is 1.16. The summed E-state index contributed by atoms with van der Waals surface area (Å²) < 4.78 is 22.2. The normalized spacial score (nSPS) is 14.6. The third kappa shape index (κ3) is 13.0. The number of aromatic nitrogens is 4. The standard InChI is InChI=1S/C41H55N7O7/c1-30(32-11-9-14-35(27-32)54-24-8-6-5-7-23-52-25-26-53-29-36(49)50)43-33-12-10-13-34(28-33)45-41(17-21-48(22-18-41)39(51)55-40(2,3)4)38-44-37(46-47-38)31-15-19-42-20-16-31/h9-16,19-20,27-28,30,43,45H,5-8,17-18,21-26,29H2,1-4H3,(H,49,50)(H,44,46,47)/t30-/m1/s1. The number of aliphatic carboxylic acids is 1. The number of unbranched alkanes of at least 4 members (excludes halogenated alkanes) is 3. The Balaban J connectivity index is 1.15. The molecule has 4 N–H and O–H groups in total. The molecule has 0 saturated carbocycles. The number of carboxylic acid groups (broad SMARTS) is 1. The van der Waals surface area contributed by atoms with E-state index in [1.54, 1.807) is 17.3 Å². The van der Waals surface area contributed by atoms with Crippen LogP contribution in [-0.2, 0) is 24.5 Å². The fourth-order valence-corrected chi connectivity index (χ4v) is 6.32. The van der Waals surface area contributed by atoms with Gasteiger partial charge in [0.05, 0.1) is 19.8 Å². The summed E-state index contributed by atoms with van der Waals surface area (Å²) >= 11 is 0. The van der Waals surface area contributed by atoms with Crippen molar-refractivity contribution in [2.24, 2.45) is 0 Å². The van der Waals surface area contributed by atoms with Gasteiger partial charge in [0, 0.05) is 55.1 Å². The van der Waals surface area contributed by atoms with Crippen LogP contribution >= 0.6 is 0 Å². The predicted octanol–water partition coefficient (Wildman–Crippen LogP) is 7.44. The molecule has 55 heavy (non-hydrogen) atoms. The van der Waals surface area contributed by atoms with Crippen LogP contribution in [0.25, 0.3) is 11.4 Å². The Morgan fingerprint density at radius 2 is 1.62 bits per heavy atom. The minimum atomic E-state index is -0.974. The van der Waals surface area contributed by atoms with Gasteiger partial charge in [-0.15, -0.1) is 0 Å². The lowest BCUT2D eigenvalue weighted by Crippen LogP contribution is -2.50. The average molecular weight is 758 g/mol. The third-order valence-corrected chi connectivity index (χ3v) is 9.18. The Kier molecular flexibility index (Phi) is 14.8. The molecule has 14 nitrogen and oxygen atoms in total. The smallest absolute Gasteiger partial charge is 0.410 e. The summed E-state index contributed by atoms with van der Waals surface area (Å²) in [7, 11) is 0. The first-order valence-electron chi connectivity index (χ1n) is 19.1. The van der Waals surface area contributed by atoms with Gasteiger partial charge in [-0.1, -0.05) is 24.6 Å². The van der Waals surface area contributed by atoms with Gasteiger partial charge in [0.2, 0.25) is 0 Å². The molecule has 0 bridgehead atoms. The molecule has 1 aliphatic heterocycles. The molecule has 14 heteroatoms. The molecule has 1 aliphatic rings. The predicted molar refractivity (Wildman–Crippen MR) is 210 cm³/mol. The monoisotopic (exact) mass is 757 g/mol. The van der Waals surface area contributed by atoms with Gasteiger partial charge >= 0.3 is 12.1 Å². The Morgan fingerprint density at radius 3 is 2.36 bits per heavy atom. The topological polar surface area (TPSA) is 173 Å². The maximum Gasteiger partial charge on any atom is 0.410 e. The van der Waals surface area contributed by atoms with Gasteiger partial charge in [-0.05, 0) is 108 Å². The van der Waals surface area contributed by atoms with E-state index in [2.05, 4.69) is 50.9 Å². The largest absolute Gasteiger partial charge is 0.494 e. The number of benzene rings is 2. The van der Waals surface area contributed by atoms with Crippen LogP contribution in [0.2, 0.25) is 0 Å². The van der Waals surface area contributed by atoms with Crippen molar-refractivity contribution in [3.05, 3.63) is 84.4 Å². The maximum absolute atomic E-state index is 13.0. The van der Waals surface area contributed by atoms with E-state index in [9.17, 15) is 9.59 Å². The average Bonchev–Trinajstić information content (AvgIpc) is 3.67. The first-order chi connectivity index (χ1) is 26.5. The first-order valence-corrected chi connectivity index (χ1v) is 19.1. The molecular formula is C41H55N7O7. The Labute approximate surface area is 323 Å². The highest BCUT2D eigenvalue weighted by Gasteiger charge is 2.41. The number of aromatic amines is 1. The molecule has 1 amide bonds. The van der Waals surface area contributed by atoms with Crippen molar-refractivity contribution in [3.8, 4) is 17.1 Å². The lowest BCUT2D eigenvalue weighted by atomic mass is 9.86. The van der Waals surface area contributed by atoms with Crippen LogP contribution in [0.15, 0.2) is 73.1 Å². The van der Waals surface area contributed by atoms with Gasteiger partial charge in [-0.25, -0.2) is 14.6 Å². The number of rotatable bonds is 20. The zero-order chi connectivity index (χ0) is 39.1. The van der Waals surface area contributed by atoms with Crippen LogP contribution in [0.4, 0.5) is 16.2 Å². The molecule has 2 aromatic heterocycles. The van der Waals surface area contributed by atoms with Crippen LogP contribution in [0.5, 0.6) is 5.75 Å². The van der Waals surface area contributed by atoms with E-state index in [4.69, 9.17) is 29.0 Å². The first kappa shape index (κ1) is 41.0. The van der Waals surface area contributed by atoms with E-state index in [-0.39, 0.29) is 25.3 Å². The van der Waals surface area contributed by atoms with Crippen molar-refractivity contribution >= 4 is 23.4 Å². The molecule has 0 radical (unpaired) electrons. The number of amides is 1. The zero-order valence-electron chi connectivity index (χ0n) is 32.4. The molecule has 0 unspecified atom stereocenters. The number of carboxylic acids is 1. The van der Waals surface area contributed by atoms with E-state index < -0.39 is 17.1 Å². The number of nitrogens with one attached hydrogen (secondary N) is 3. The number of hydrogen-bond donors (Lipinski definition) is 4. The van der Waals surface area contributed by atoms with E-state index in [1.165, 1.54) is 0 Å². The molecule has 0 spiro atoms. The molecular weight excluding hydrogens is 702 g/mol. The highest BCUT2D eigenvalue weighted by molar-refractivity contribution is 5.69. The van der Waals surface area contributed by atoms with Crippen molar-refractivity contribution in [1.82, 2.24) is 25.1 Å². The van der Waals surface area contributed by atoms with E-state index >= 15 is 0 Å². The number of H-pyrrole nitrogens is 1. The minimum Gasteiger partial charge on any atom is -0.494 e. The number of piperidine rings is 1. The lowest BCUT2D eigenvalue weighted by molar-refractivity contribution is -0.142. The fourth-order valence-electron chi connectivity index (χ4n) is 6.32. The van der Waals surface area contributed by atoms with Crippen molar-refractivity contribution in [1.29, 1.82) is 0 Å². The maximum atomic E-state index is 13.0. The second kappa shape index (κ2) is 19.9. The molecule has 1 atom stereocenters. The van der Waals surface area contributed by atoms with Gasteiger partial charge in [0.1, 0.15) is 23.5 Å². The number of carbonyl (C=O) groups excluding carboxylic acids is 1. The molecule has 296 valence electrons. The molecule has 4 aromatic rings. The fraction of sp³-hybridized carbons (Fsp3) is 0.488. The second-order valence-corrected chi connectivity index (χ2v) is 14.8. The van der Waals surface area contributed by atoms with Crippen LogP contribution < -0.4 is 15.4 Å². The number of ether oxygens (including phenoxy) is 4. The Morgan fingerprint density at radius 1 is 0.909 bits per heavy atom. The summed E-state index contributed by atoms with van der Waals surface area (Å²) in [6.07, 6.45) is 8.27. The number of pyridine rings is 1. The summed E-state index contributed by atoms with van der Waals surface area (Å²) in [4.78, 5) is 34.2. The van der Waals surface area contributed by atoms with Crippen LogP contribution in [0.3, 0.4) is 0 Å². The minimum absolute atomic E-state index is 0.0107. The van der Waals surface area contributed by atoms with Crippen LogP contribution in [-0.4, -0.2) is 94.0 Å². The highest BCUT2D eigenvalue weighted by atomic mass is 16.6. The summed E-state index contributed by atoms with van der Waals surface area (Å²) in [5.41, 5.74) is 2.66. The van der Waals surface area contributed by atoms with E-state index in [0.717, 1.165) is 53.9 Å². The molecule has 2 aromatic carbocycles. The number of hydrogen-bond acceptors (Lipinski definition) is 11. The van der Waals surface area contributed by atoms with Crippen LogP contribution in [0.1, 0.15) is 83.6 Å². The SMILES string of the molecule is C[C@@H](Nc1cccc(NC2(c3nc(-c4ccncc4)n[nH]3)CCN(C(=O)OC(C)(C)C)CC2)c1)c1cccc(OCCCCCCOCCOCC(=O)O)c1. The quantitative estimate of drug-likeness (QED) is 0.0658. The zero-order valence-corrected chi connectivity index (χ0v) is 32.4. The Bertz CT molecular complexity index is 1790. The van der Waals surface area contributed by atoms with Gasteiger partial charge in [-0.2, -0.15) is 5.10 Å².